The zero-order valence-electron chi connectivity index (χ0n) is 12.1. The summed E-state index contributed by atoms with van der Waals surface area (Å²) in [5, 5.41) is 2.73. The summed E-state index contributed by atoms with van der Waals surface area (Å²) in [5.41, 5.74) is -3.89. The maximum atomic E-state index is 13.5. The number of amides is 4. The van der Waals surface area contributed by atoms with E-state index in [9.17, 15) is 27.6 Å². The molecule has 7 nitrogen and oxygen atoms in total. The van der Waals surface area contributed by atoms with Crippen LogP contribution in [0.3, 0.4) is 0 Å². The predicted octanol–water partition coefficient (Wildman–Crippen LogP) is 2.40. The minimum absolute atomic E-state index is 0.116. The maximum absolute atomic E-state index is 13.5. The Morgan fingerprint density at radius 2 is 2.00 bits per heavy atom. The minimum atomic E-state index is -5.32. The summed E-state index contributed by atoms with van der Waals surface area (Å²) in [7, 11) is 0. The van der Waals surface area contributed by atoms with Gasteiger partial charge < -0.3 is 4.74 Å². The summed E-state index contributed by atoms with van der Waals surface area (Å²) < 4.78 is 44.8. The zero-order valence-corrected chi connectivity index (χ0v) is 12.9. The number of carbonyl (C=O) groups excluding carboxylic acids is 3. The molecular formula is C13H11ClF3N3O4. The smallest absolute Gasteiger partial charge is 0.440 e. The number of imide groups is 1. The van der Waals surface area contributed by atoms with E-state index in [2.05, 4.69) is 4.74 Å². The van der Waals surface area contributed by atoms with E-state index in [-0.39, 0.29) is 22.2 Å². The molecule has 0 radical (unpaired) electrons. The molecule has 1 atom stereocenters. The maximum Gasteiger partial charge on any atom is 0.440 e. The van der Waals surface area contributed by atoms with Gasteiger partial charge in [0.05, 0.1) is 17.3 Å². The van der Waals surface area contributed by atoms with Gasteiger partial charge in [0.15, 0.2) is 0 Å². The number of ether oxygens (including phenoxy) is 1. The lowest BCUT2D eigenvalue weighted by molar-refractivity contribution is -0.197. The van der Waals surface area contributed by atoms with Gasteiger partial charge in [0, 0.05) is 0 Å². The molecule has 1 aliphatic rings. The Kier molecular flexibility index (Phi) is 4.61. The van der Waals surface area contributed by atoms with E-state index in [1.807, 2.05) is 0 Å². The number of hydrogen-bond acceptors (Lipinski definition) is 4. The first-order valence-electron chi connectivity index (χ1n) is 6.57. The first-order chi connectivity index (χ1) is 11.1. The number of carbonyl (C=O) groups is 3. The van der Waals surface area contributed by atoms with Crippen molar-refractivity contribution in [2.75, 3.05) is 11.5 Å². The van der Waals surface area contributed by atoms with E-state index in [4.69, 9.17) is 11.6 Å². The molecule has 1 aromatic rings. The normalized spacial score (nSPS) is 20.8. The Morgan fingerprint density at radius 1 is 1.38 bits per heavy atom. The Labute approximate surface area is 138 Å². The molecule has 0 unspecified atom stereocenters. The second-order valence-corrected chi connectivity index (χ2v) is 5.02. The molecule has 2 N–H and O–H groups in total. The molecule has 1 aliphatic heterocycles. The molecule has 1 aromatic carbocycles. The fourth-order valence-electron chi connectivity index (χ4n) is 2.05. The number of benzene rings is 1. The molecule has 0 aromatic heterocycles. The molecule has 1 saturated heterocycles. The second-order valence-electron chi connectivity index (χ2n) is 4.62. The van der Waals surface area contributed by atoms with Crippen LogP contribution in [0, 0.1) is 0 Å². The van der Waals surface area contributed by atoms with Crippen LogP contribution in [0.5, 0.6) is 0 Å². The lowest BCUT2D eigenvalue weighted by atomic mass is 10.1. The molecular weight excluding hydrogens is 355 g/mol. The number of nitrogens with zero attached hydrogens (tertiary/aromatic N) is 1. The number of rotatable bonds is 3. The van der Waals surface area contributed by atoms with Crippen LogP contribution in [0.2, 0.25) is 5.02 Å². The van der Waals surface area contributed by atoms with Gasteiger partial charge in [0.2, 0.25) is 0 Å². The van der Waals surface area contributed by atoms with Gasteiger partial charge in [0.1, 0.15) is 0 Å². The molecule has 24 heavy (non-hydrogen) atoms. The number of halogens is 4. The molecule has 4 amide bonds. The highest BCUT2D eigenvalue weighted by atomic mass is 35.5. The van der Waals surface area contributed by atoms with Gasteiger partial charge in [-0.05, 0) is 19.1 Å². The minimum Gasteiger partial charge on any atom is -0.450 e. The molecule has 11 heteroatoms. The van der Waals surface area contributed by atoms with Crippen molar-refractivity contribution in [2.45, 2.75) is 18.8 Å². The fraction of sp³-hybridized carbons (Fsp3) is 0.308. The van der Waals surface area contributed by atoms with E-state index < -0.39 is 29.9 Å². The average Bonchev–Trinajstić information content (AvgIpc) is 2.72. The van der Waals surface area contributed by atoms with Crippen molar-refractivity contribution >= 4 is 35.3 Å². The number of urea groups is 1. The number of nitrogens with one attached hydrogen (secondary N) is 2. The van der Waals surface area contributed by atoms with Crippen molar-refractivity contribution in [3.05, 3.63) is 29.3 Å². The van der Waals surface area contributed by atoms with Gasteiger partial charge in [-0.25, -0.2) is 14.5 Å². The Morgan fingerprint density at radius 3 is 2.54 bits per heavy atom. The van der Waals surface area contributed by atoms with Crippen molar-refractivity contribution in [3.8, 4) is 0 Å². The average molecular weight is 366 g/mol. The summed E-state index contributed by atoms with van der Waals surface area (Å²) in [5.74, 6) is -1.75. The van der Waals surface area contributed by atoms with E-state index in [1.165, 1.54) is 41.8 Å². The summed E-state index contributed by atoms with van der Waals surface area (Å²) in [6, 6.07) is 3.95. The highest BCUT2D eigenvalue weighted by Gasteiger charge is 2.69. The third-order valence-corrected chi connectivity index (χ3v) is 3.42. The lowest BCUT2D eigenvalue weighted by Crippen LogP contribution is -2.69. The molecule has 0 aliphatic carbocycles. The Hall–Kier alpha value is -2.49. The largest absolute Gasteiger partial charge is 0.450 e. The second kappa shape index (κ2) is 6.19. The number of para-hydroxylation sites is 1. The quantitative estimate of drug-likeness (QED) is 0.805. The van der Waals surface area contributed by atoms with Crippen LogP contribution in [0.25, 0.3) is 0 Å². The van der Waals surface area contributed by atoms with E-state index in [0.717, 1.165) is 0 Å². The van der Waals surface area contributed by atoms with Crippen LogP contribution in [-0.4, -0.2) is 36.5 Å². The Balaban J connectivity index is 2.48. The summed E-state index contributed by atoms with van der Waals surface area (Å²) in [6.07, 6.45) is -6.83. The molecule has 130 valence electrons. The van der Waals surface area contributed by atoms with Crippen LogP contribution in [0.15, 0.2) is 24.3 Å². The monoisotopic (exact) mass is 365 g/mol. The summed E-state index contributed by atoms with van der Waals surface area (Å²) in [4.78, 5) is 36.0. The third-order valence-electron chi connectivity index (χ3n) is 3.10. The highest BCUT2D eigenvalue weighted by molar-refractivity contribution is 6.36. The predicted molar refractivity (Wildman–Crippen MR) is 76.4 cm³/mol. The topological polar surface area (TPSA) is 87.7 Å². The number of anilines is 1. The van der Waals surface area contributed by atoms with Gasteiger partial charge >= 0.3 is 18.3 Å². The first kappa shape index (κ1) is 17.9. The third kappa shape index (κ3) is 2.84. The summed E-state index contributed by atoms with van der Waals surface area (Å²) >= 11 is 5.83. The van der Waals surface area contributed by atoms with Gasteiger partial charge in [-0.15, -0.1) is 0 Å². The fourth-order valence-corrected chi connectivity index (χ4v) is 2.27. The van der Waals surface area contributed by atoms with Crippen molar-refractivity contribution < 1.29 is 32.3 Å². The van der Waals surface area contributed by atoms with Crippen LogP contribution in [0.4, 0.5) is 28.4 Å². The van der Waals surface area contributed by atoms with Crippen molar-refractivity contribution in [2.24, 2.45) is 0 Å². The molecule has 0 bridgehead atoms. The number of alkyl carbamates (subject to hydrolysis) is 1. The van der Waals surface area contributed by atoms with E-state index in [1.54, 1.807) is 0 Å². The van der Waals surface area contributed by atoms with Gasteiger partial charge in [-0.3, -0.25) is 15.4 Å². The SMILES string of the molecule is CCOC(=O)N[C@@]1(C(F)(F)F)NC(=O)N(c2ccccc2Cl)C1=O. The number of alkyl halides is 3. The van der Waals surface area contributed by atoms with Gasteiger partial charge in [0.25, 0.3) is 11.6 Å². The Bertz CT molecular complexity index is 697. The van der Waals surface area contributed by atoms with Crippen LogP contribution in [0.1, 0.15) is 6.92 Å². The molecule has 0 saturated carbocycles. The molecule has 2 rings (SSSR count). The highest BCUT2D eigenvalue weighted by Crippen LogP contribution is 2.37. The van der Waals surface area contributed by atoms with Crippen LogP contribution < -0.4 is 15.5 Å². The lowest BCUT2D eigenvalue weighted by Gasteiger charge is -2.29. The summed E-state index contributed by atoms with van der Waals surface area (Å²) in [6.45, 7) is 1.14. The van der Waals surface area contributed by atoms with Crippen LogP contribution >= 0.6 is 11.6 Å². The molecule has 0 spiro atoms. The standard InChI is InChI=1S/C13H11ClF3N3O4/c1-2-24-11(23)19-12(13(15,16)17)9(21)20(10(22)18-12)8-6-4-3-5-7(8)14/h3-6H,2H2,1H3,(H,18,22)(H,19,23)/t12-/m0/s1. The number of hydrogen-bond donors (Lipinski definition) is 2. The van der Waals surface area contributed by atoms with Crippen LogP contribution in [-0.2, 0) is 9.53 Å². The molecule has 1 fully saturated rings. The van der Waals surface area contributed by atoms with Crippen molar-refractivity contribution in [3.63, 3.8) is 0 Å². The first-order valence-corrected chi connectivity index (χ1v) is 6.94. The zero-order chi connectivity index (χ0) is 18.1. The van der Waals surface area contributed by atoms with Gasteiger partial charge in [-0.2, -0.15) is 13.2 Å². The van der Waals surface area contributed by atoms with E-state index >= 15 is 0 Å². The van der Waals surface area contributed by atoms with Crippen molar-refractivity contribution in [1.29, 1.82) is 0 Å². The molecule has 1 heterocycles. The van der Waals surface area contributed by atoms with E-state index in [0.29, 0.717) is 0 Å². The van der Waals surface area contributed by atoms with Gasteiger partial charge in [-0.1, -0.05) is 23.7 Å². The van der Waals surface area contributed by atoms with Crippen molar-refractivity contribution in [1.82, 2.24) is 10.6 Å².